The Kier molecular flexibility index (Phi) is 60.3. The van der Waals surface area contributed by atoms with E-state index in [1.165, 1.54) is 148 Å². The van der Waals surface area contributed by atoms with Crippen LogP contribution in [0, 0.1) is 23.7 Å². The van der Waals surface area contributed by atoms with Crippen LogP contribution in [0.15, 0.2) is 0 Å². The van der Waals surface area contributed by atoms with Crippen LogP contribution < -0.4 is 0 Å². The van der Waals surface area contributed by atoms with E-state index in [4.69, 9.17) is 37.0 Å². The van der Waals surface area contributed by atoms with Gasteiger partial charge in [-0.3, -0.25) is 37.3 Å². The highest BCUT2D eigenvalue weighted by Crippen LogP contribution is 2.45. The van der Waals surface area contributed by atoms with Gasteiger partial charge in [0.15, 0.2) is 12.2 Å². The third kappa shape index (κ3) is 63.9. The van der Waals surface area contributed by atoms with E-state index in [-0.39, 0.29) is 25.7 Å². The number of phosphoric acid groups is 2. The molecule has 0 aromatic heterocycles. The Morgan fingerprint density at radius 2 is 0.527 bits per heavy atom. The molecular formula is C72H140O17P2. The third-order valence-electron chi connectivity index (χ3n) is 17.3. The summed E-state index contributed by atoms with van der Waals surface area (Å²) in [6.45, 7) is 14.0. The van der Waals surface area contributed by atoms with Crippen LogP contribution in [0.25, 0.3) is 0 Å². The fourth-order valence-corrected chi connectivity index (χ4v) is 12.4. The summed E-state index contributed by atoms with van der Waals surface area (Å²) in [6.07, 6.45) is 44.9. The molecule has 0 radical (unpaired) electrons. The number of esters is 4. The van der Waals surface area contributed by atoms with Gasteiger partial charge in [-0.15, -0.1) is 0 Å². The Hall–Kier alpha value is -1.94. The fraction of sp³-hybridized carbons (Fsp3) is 0.944. The Labute approximate surface area is 556 Å². The molecule has 7 atom stereocenters. The first-order valence-electron chi connectivity index (χ1n) is 37.3. The van der Waals surface area contributed by atoms with Gasteiger partial charge in [-0.25, -0.2) is 9.13 Å². The Morgan fingerprint density at radius 1 is 0.308 bits per heavy atom. The first-order valence-corrected chi connectivity index (χ1v) is 40.3. The molecule has 4 unspecified atom stereocenters. The lowest BCUT2D eigenvalue weighted by Gasteiger charge is -2.21. The molecule has 0 bridgehead atoms. The van der Waals surface area contributed by atoms with E-state index >= 15 is 0 Å². The number of rotatable bonds is 69. The van der Waals surface area contributed by atoms with Crippen molar-refractivity contribution in [1.82, 2.24) is 0 Å². The Morgan fingerprint density at radius 3 is 0.780 bits per heavy atom. The summed E-state index contributed by atoms with van der Waals surface area (Å²) in [7, 11) is -9.90. The lowest BCUT2D eigenvalue weighted by Crippen LogP contribution is -2.30. The van der Waals surface area contributed by atoms with E-state index in [1.807, 2.05) is 0 Å². The number of unbranched alkanes of at least 4 members (excludes halogenated alkanes) is 33. The van der Waals surface area contributed by atoms with Gasteiger partial charge in [-0.1, -0.05) is 306 Å². The molecule has 0 aliphatic rings. The zero-order valence-electron chi connectivity index (χ0n) is 59.5. The van der Waals surface area contributed by atoms with Crippen LogP contribution >= 0.6 is 15.6 Å². The standard InChI is InChI=1S/C72H140O17P2/c1-9-64(7)50-42-34-25-21-19-17-15-13-11-12-14-16-18-20-22-26-38-46-54-71(76)88-67(59-83-70(75)53-45-37-31-29-35-43-51-65(8)10-2)60-86-90(78,79)84-56-66(73)57-85-91(80,81)87-61-68(58-82-69(74)52-44-36-30-28-33-41-49-63(5)6)89-72(77)55-47-39-27-23-24-32-40-48-62(3)4/h62-68,73H,9-61H2,1-8H3,(H,78,79)(H,80,81)/t64?,65?,66-,67-,68-/m1/s1. The first kappa shape index (κ1) is 89.1. The van der Waals surface area contributed by atoms with E-state index in [0.717, 1.165) is 115 Å². The van der Waals surface area contributed by atoms with Gasteiger partial charge in [0.2, 0.25) is 0 Å². The van der Waals surface area contributed by atoms with Crippen molar-refractivity contribution in [3.63, 3.8) is 0 Å². The summed E-state index contributed by atoms with van der Waals surface area (Å²) in [5, 5.41) is 10.6. The van der Waals surface area contributed by atoms with Crippen LogP contribution in [0.5, 0.6) is 0 Å². The number of aliphatic hydroxyl groups excluding tert-OH is 1. The van der Waals surface area contributed by atoms with Crippen molar-refractivity contribution in [3.8, 4) is 0 Å². The first-order chi connectivity index (χ1) is 43.7. The highest BCUT2D eigenvalue weighted by molar-refractivity contribution is 7.47. The van der Waals surface area contributed by atoms with Crippen molar-refractivity contribution in [2.24, 2.45) is 23.7 Å². The van der Waals surface area contributed by atoms with Gasteiger partial charge >= 0.3 is 39.5 Å². The summed E-state index contributed by atoms with van der Waals surface area (Å²) in [4.78, 5) is 72.5. The maximum absolute atomic E-state index is 13.0. The van der Waals surface area contributed by atoms with Gasteiger partial charge in [0.25, 0.3) is 0 Å². The number of carbonyl (C=O) groups is 4. The second-order valence-corrected chi connectivity index (χ2v) is 30.3. The molecule has 0 fully saturated rings. The molecule has 0 saturated carbocycles. The van der Waals surface area contributed by atoms with Gasteiger partial charge in [0, 0.05) is 25.7 Å². The minimum Gasteiger partial charge on any atom is -0.462 e. The second kappa shape index (κ2) is 61.6. The summed E-state index contributed by atoms with van der Waals surface area (Å²) in [6, 6.07) is 0. The topological polar surface area (TPSA) is 237 Å². The van der Waals surface area contributed by atoms with Gasteiger partial charge in [0.05, 0.1) is 26.4 Å². The van der Waals surface area contributed by atoms with Crippen molar-refractivity contribution < 1.29 is 80.2 Å². The summed E-state index contributed by atoms with van der Waals surface area (Å²) < 4.78 is 68.2. The van der Waals surface area contributed by atoms with Crippen molar-refractivity contribution in [2.75, 3.05) is 39.6 Å². The highest BCUT2D eigenvalue weighted by Gasteiger charge is 2.30. The molecular weight excluding hydrogens is 1200 g/mol. The summed E-state index contributed by atoms with van der Waals surface area (Å²) in [5.74, 6) is 0.843. The largest absolute Gasteiger partial charge is 0.472 e. The molecule has 0 saturated heterocycles. The van der Waals surface area contributed by atoms with Crippen LogP contribution in [0.2, 0.25) is 0 Å². The average molecular weight is 1340 g/mol. The van der Waals surface area contributed by atoms with Crippen LogP contribution in [-0.2, 0) is 65.4 Å². The minimum absolute atomic E-state index is 0.102. The number of hydrogen-bond acceptors (Lipinski definition) is 15. The Balaban J connectivity index is 5.14. The lowest BCUT2D eigenvalue weighted by molar-refractivity contribution is -0.161. The number of carbonyl (C=O) groups excluding carboxylic acids is 4. The molecule has 0 aliphatic heterocycles. The molecule has 17 nitrogen and oxygen atoms in total. The molecule has 91 heavy (non-hydrogen) atoms. The van der Waals surface area contributed by atoms with Crippen molar-refractivity contribution in [2.45, 2.75) is 375 Å². The predicted molar refractivity (Wildman–Crippen MR) is 367 cm³/mol. The zero-order valence-corrected chi connectivity index (χ0v) is 61.3. The molecule has 19 heteroatoms. The number of phosphoric ester groups is 2. The average Bonchev–Trinajstić information content (AvgIpc) is 2.14. The van der Waals surface area contributed by atoms with E-state index in [9.17, 15) is 43.2 Å². The Bertz CT molecular complexity index is 1800. The SMILES string of the molecule is CCC(C)CCCCCCCCCCCCCCCCCCCCC(=O)O[C@H](COC(=O)CCCCCCCCC(C)CC)COP(=O)(O)OC[C@@H](O)COP(=O)(O)OC[C@@H](COC(=O)CCCCCCCCC(C)C)OC(=O)CCCCCCCCCC(C)C. The van der Waals surface area contributed by atoms with Crippen LogP contribution in [0.1, 0.15) is 357 Å². The van der Waals surface area contributed by atoms with Gasteiger partial charge in [-0.05, 0) is 49.4 Å². The van der Waals surface area contributed by atoms with Crippen LogP contribution in [-0.4, -0.2) is 96.7 Å². The van der Waals surface area contributed by atoms with E-state index in [1.54, 1.807) is 0 Å². The molecule has 0 aromatic carbocycles. The quantitative estimate of drug-likeness (QED) is 0.0222. The van der Waals surface area contributed by atoms with Crippen molar-refractivity contribution in [3.05, 3.63) is 0 Å². The maximum atomic E-state index is 13.0. The predicted octanol–water partition coefficient (Wildman–Crippen LogP) is 20.5. The summed E-state index contributed by atoms with van der Waals surface area (Å²) >= 11 is 0. The third-order valence-corrected chi connectivity index (χ3v) is 19.2. The smallest absolute Gasteiger partial charge is 0.462 e. The van der Waals surface area contributed by atoms with Crippen LogP contribution in [0.3, 0.4) is 0 Å². The molecule has 0 aromatic rings. The molecule has 0 aliphatic carbocycles. The molecule has 0 amide bonds. The molecule has 3 N–H and O–H groups in total. The van der Waals surface area contributed by atoms with E-state index in [2.05, 4.69) is 55.4 Å². The maximum Gasteiger partial charge on any atom is 0.472 e. The van der Waals surface area contributed by atoms with E-state index < -0.39 is 97.5 Å². The molecule has 0 spiro atoms. The fourth-order valence-electron chi connectivity index (χ4n) is 10.8. The lowest BCUT2D eigenvalue weighted by atomic mass is 9.99. The van der Waals surface area contributed by atoms with Crippen molar-refractivity contribution >= 4 is 39.5 Å². The molecule has 0 rings (SSSR count). The number of aliphatic hydroxyl groups is 1. The number of hydrogen-bond donors (Lipinski definition) is 3. The monoisotopic (exact) mass is 1340 g/mol. The molecule has 0 heterocycles. The second-order valence-electron chi connectivity index (χ2n) is 27.4. The highest BCUT2D eigenvalue weighted by atomic mass is 31.2. The van der Waals surface area contributed by atoms with E-state index in [0.29, 0.717) is 37.5 Å². The molecule has 540 valence electrons. The number of ether oxygens (including phenoxy) is 4. The van der Waals surface area contributed by atoms with Gasteiger partial charge in [0.1, 0.15) is 19.3 Å². The van der Waals surface area contributed by atoms with Gasteiger partial charge in [-0.2, -0.15) is 0 Å². The minimum atomic E-state index is -4.95. The summed E-state index contributed by atoms with van der Waals surface area (Å²) in [5.41, 5.74) is 0. The van der Waals surface area contributed by atoms with Gasteiger partial charge < -0.3 is 33.8 Å². The normalized spacial score (nSPS) is 14.8. The zero-order chi connectivity index (χ0) is 67.5. The van der Waals surface area contributed by atoms with Crippen molar-refractivity contribution in [1.29, 1.82) is 0 Å². The van der Waals surface area contributed by atoms with Crippen LogP contribution in [0.4, 0.5) is 0 Å².